The minimum atomic E-state index is -0.329. The lowest BCUT2D eigenvalue weighted by Gasteiger charge is -2.21. The van der Waals surface area contributed by atoms with Crippen molar-refractivity contribution in [3.63, 3.8) is 0 Å². The Labute approximate surface area is 112 Å². The summed E-state index contributed by atoms with van der Waals surface area (Å²) in [5.41, 5.74) is 2.43. The topological polar surface area (TPSA) is 40.6 Å². The summed E-state index contributed by atoms with van der Waals surface area (Å²) in [7, 11) is 0. The van der Waals surface area contributed by atoms with Gasteiger partial charge in [-0.15, -0.1) is 0 Å². The second kappa shape index (κ2) is 3.83. The summed E-state index contributed by atoms with van der Waals surface area (Å²) < 4.78 is 0. The first-order valence-electron chi connectivity index (χ1n) is 7.03. The number of benzene rings is 1. The van der Waals surface area contributed by atoms with Crippen LogP contribution in [0.5, 0.6) is 0 Å². The Morgan fingerprint density at radius 1 is 1.00 bits per heavy atom. The lowest BCUT2D eigenvalue weighted by atomic mass is 10.1. The molecule has 1 aromatic carbocycles. The van der Waals surface area contributed by atoms with E-state index in [4.69, 9.17) is 0 Å². The third-order valence-electron chi connectivity index (χ3n) is 4.28. The third-order valence-corrected chi connectivity index (χ3v) is 4.28. The maximum Gasteiger partial charge on any atom is 0.299 e. The number of rotatable bonds is 2. The fourth-order valence-corrected chi connectivity index (χ4v) is 3.20. The van der Waals surface area contributed by atoms with Crippen LogP contribution in [0, 0.1) is 0 Å². The van der Waals surface area contributed by atoms with Gasteiger partial charge in [-0.05, 0) is 37.8 Å². The van der Waals surface area contributed by atoms with Crippen LogP contribution in [0.3, 0.4) is 0 Å². The average Bonchev–Trinajstić information content (AvgIpc) is 3.03. The summed E-state index contributed by atoms with van der Waals surface area (Å²) in [6.07, 6.45) is 4.37. The number of carbonyl (C=O) groups excluding carboxylic acids is 2. The molecule has 19 heavy (non-hydrogen) atoms. The van der Waals surface area contributed by atoms with Crippen molar-refractivity contribution in [2.75, 3.05) is 22.9 Å². The van der Waals surface area contributed by atoms with Crippen molar-refractivity contribution in [3.05, 3.63) is 23.8 Å². The van der Waals surface area contributed by atoms with Gasteiger partial charge in [-0.1, -0.05) is 6.07 Å². The van der Waals surface area contributed by atoms with Crippen molar-refractivity contribution >= 4 is 23.1 Å². The van der Waals surface area contributed by atoms with Gasteiger partial charge in [-0.3, -0.25) is 9.59 Å². The van der Waals surface area contributed by atoms with Gasteiger partial charge in [-0.2, -0.15) is 0 Å². The van der Waals surface area contributed by atoms with Crippen molar-refractivity contribution in [1.29, 1.82) is 0 Å². The quantitative estimate of drug-likeness (QED) is 0.760. The molecule has 0 unspecified atom stereocenters. The van der Waals surface area contributed by atoms with Crippen LogP contribution >= 0.6 is 0 Å². The molecule has 1 saturated heterocycles. The molecule has 4 heteroatoms. The van der Waals surface area contributed by atoms with E-state index >= 15 is 0 Å². The molecule has 0 atom stereocenters. The first kappa shape index (κ1) is 11.0. The van der Waals surface area contributed by atoms with E-state index in [1.165, 1.54) is 0 Å². The summed E-state index contributed by atoms with van der Waals surface area (Å²) in [4.78, 5) is 28.4. The first-order valence-corrected chi connectivity index (χ1v) is 7.03. The number of hydrogen-bond donors (Lipinski definition) is 0. The number of nitrogens with zero attached hydrogens (tertiary/aromatic N) is 2. The highest BCUT2D eigenvalue weighted by Gasteiger charge is 2.45. The van der Waals surface area contributed by atoms with Crippen LogP contribution in [0.1, 0.15) is 36.0 Å². The largest absolute Gasteiger partial charge is 0.371 e. The van der Waals surface area contributed by atoms with Crippen LogP contribution in [0.15, 0.2) is 18.2 Å². The summed E-state index contributed by atoms with van der Waals surface area (Å²) >= 11 is 0. The molecule has 0 N–H and O–H groups in total. The number of fused-ring (bicyclic) bond motifs is 1. The third kappa shape index (κ3) is 1.52. The van der Waals surface area contributed by atoms with Gasteiger partial charge in [0.25, 0.3) is 11.7 Å². The van der Waals surface area contributed by atoms with Gasteiger partial charge >= 0.3 is 0 Å². The van der Waals surface area contributed by atoms with Crippen LogP contribution in [-0.4, -0.2) is 30.8 Å². The maximum absolute atomic E-state index is 12.3. The lowest BCUT2D eigenvalue weighted by Crippen LogP contribution is -2.31. The predicted octanol–water partition coefficient (Wildman–Crippen LogP) is 1.98. The van der Waals surface area contributed by atoms with Crippen molar-refractivity contribution in [2.45, 2.75) is 31.7 Å². The molecule has 1 amide bonds. The lowest BCUT2D eigenvalue weighted by molar-refractivity contribution is -0.114. The molecule has 0 radical (unpaired) electrons. The van der Waals surface area contributed by atoms with E-state index in [-0.39, 0.29) is 17.7 Å². The summed E-state index contributed by atoms with van der Waals surface area (Å²) in [6, 6.07) is 6.11. The molecule has 3 aliphatic rings. The van der Waals surface area contributed by atoms with Crippen molar-refractivity contribution in [3.8, 4) is 0 Å². The molecule has 2 heterocycles. The van der Waals surface area contributed by atoms with Gasteiger partial charge < -0.3 is 9.80 Å². The summed E-state index contributed by atoms with van der Waals surface area (Å²) in [5.74, 6) is -0.645. The molecule has 2 fully saturated rings. The highest BCUT2D eigenvalue weighted by Crippen LogP contribution is 2.42. The maximum atomic E-state index is 12.3. The number of carbonyl (C=O) groups is 2. The zero-order valence-electron chi connectivity index (χ0n) is 10.8. The minimum Gasteiger partial charge on any atom is -0.371 e. The summed E-state index contributed by atoms with van der Waals surface area (Å²) in [6.45, 7) is 1.97. The Morgan fingerprint density at radius 2 is 1.68 bits per heavy atom. The monoisotopic (exact) mass is 256 g/mol. The number of anilines is 2. The Bertz CT molecular complexity index is 572. The van der Waals surface area contributed by atoms with Gasteiger partial charge in [0.05, 0.1) is 16.9 Å². The second-order valence-corrected chi connectivity index (χ2v) is 5.60. The molecule has 4 nitrogen and oxygen atoms in total. The number of Topliss-reactive ketones (excluding diaryl/α,β-unsaturated/α-hetero) is 1. The standard InChI is InChI=1S/C15H16N2O2/c18-14-13-11(16-8-1-2-9-16)4-3-5-12(13)17(15(14)19)10-6-7-10/h3-5,10H,1-2,6-9H2. The van der Waals surface area contributed by atoms with Crippen LogP contribution in [0.2, 0.25) is 0 Å². The van der Waals surface area contributed by atoms with Gasteiger partial charge in [0, 0.05) is 19.1 Å². The normalized spacial score (nSPS) is 22.3. The Kier molecular flexibility index (Phi) is 2.22. The molecule has 0 aromatic heterocycles. The van der Waals surface area contributed by atoms with Crippen molar-refractivity contribution in [1.82, 2.24) is 0 Å². The van der Waals surface area contributed by atoms with Crippen LogP contribution in [0.4, 0.5) is 11.4 Å². The Hall–Kier alpha value is -1.84. The number of ketones is 1. The molecule has 0 spiro atoms. The molecular formula is C15H16N2O2. The number of hydrogen-bond acceptors (Lipinski definition) is 3. The zero-order chi connectivity index (χ0) is 13.0. The van der Waals surface area contributed by atoms with E-state index in [0.717, 1.165) is 50.1 Å². The fraction of sp³-hybridized carbons (Fsp3) is 0.467. The smallest absolute Gasteiger partial charge is 0.299 e. The van der Waals surface area contributed by atoms with Gasteiger partial charge in [0.1, 0.15) is 0 Å². The Balaban J connectivity index is 1.84. The fourth-order valence-electron chi connectivity index (χ4n) is 3.20. The van der Waals surface area contributed by atoms with Crippen LogP contribution < -0.4 is 9.80 Å². The highest BCUT2D eigenvalue weighted by atomic mass is 16.2. The molecule has 0 bridgehead atoms. The van der Waals surface area contributed by atoms with Crippen LogP contribution in [-0.2, 0) is 4.79 Å². The van der Waals surface area contributed by atoms with E-state index in [0.29, 0.717) is 5.56 Å². The zero-order valence-corrected chi connectivity index (χ0v) is 10.8. The summed E-state index contributed by atoms with van der Waals surface area (Å²) in [5, 5.41) is 0. The number of amides is 1. The van der Waals surface area contributed by atoms with Crippen LogP contribution in [0.25, 0.3) is 0 Å². The molecule has 1 saturated carbocycles. The van der Waals surface area contributed by atoms with Gasteiger partial charge in [0.2, 0.25) is 0 Å². The molecular weight excluding hydrogens is 240 g/mol. The predicted molar refractivity (Wildman–Crippen MR) is 72.7 cm³/mol. The molecule has 1 aromatic rings. The molecule has 4 rings (SSSR count). The SMILES string of the molecule is O=C1C(=O)N(C2CC2)c2cccc(N3CCCC3)c21. The van der Waals surface area contributed by atoms with Crippen molar-refractivity contribution < 1.29 is 9.59 Å². The van der Waals surface area contributed by atoms with Gasteiger partial charge in [-0.25, -0.2) is 0 Å². The van der Waals surface area contributed by atoms with E-state index < -0.39 is 0 Å². The molecule has 2 aliphatic heterocycles. The first-order chi connectivity index (χ1) is 9.27. The van der Waals surface area contributed by atoms with Gasteiger partial charge in [0.15, 0.2) is 0 Å². The average molecular weight is 256 g/mol. The van der Waals surface area contributed by atoms with E-state index in [2.05, 4.69) is 4.90 Å². The minimum absolute atomic E-state index is 0.256. The second-order valence-electron chi connectivity index (χ2n) is 5.60. The molecule has 98 valence electrons. The molecule has 1 aliphatic carbocycles. The highest BCUT2D eigenvalue weighted by molar-refractivity contribution is 6.53. The Morgan fingerprint density at radius 3 is 2.37 bits per heavy atom. The van der Waals surface area contributed by atoms with Crippen molar-refractivity contribution in [2.24, 2.45) is 0 Å². The van der Waals surface area contributed by atoms with E-state index in [9.17, 15) is 9.59 Å². The van der Waals surface area contributed by atoms with E-state index in [1.807, 2.05) is 18.2 Å². The van der Waals surface area contributed by atoms with E-state index in [1.54, 1.807) is 4.90 Å².